The molecule has 1 aromatic heterocycles. The fourth-order valence-corrected chi connectivity index (χ4v) is 2.93. The van der Waals surface area contributed by atoms with Crippen molar-refractivity contribution in [2.75, 3.05) is 13.6 Å². The number of hydrogen-bond donors (Lipinski definition) is 1. The number of aromatic nitrogens is 1. The minimum atomic E-state index is 0.516. The van der Waals surface area contributed by atoms with Gasteiger partial charge in [-0.1, -0.05) is 25.1 Å². The molecule has 1 aromatic carbocycles. The molecule has 0 fully saturated rings. The SMILES string of the molecule is CC1CN(C)C(C)c2c1[nH]c1ccccc21. The number of nitrogens with zero attached hydrogens (tertiary/aromatic N) is 1. The number of aromatic amines is 1. The number of hydrogen-bond acceptors (Lipinski definition) is 1. The molecule has 0 saturated heterocycles. The highest BCUT2D eigenvalue weighted by molar-refractivity contribution is 5.85. The molecule has 1 N–H and O–H groups in total. The lowest BCUT2D eigenvalue weighted by Crippen LogP contribution is -2.32. The van der Waals surface area contributed by atoms with Crippen molar-refractivity contribution in [1.29, 1.82) is 0 Å². The van der Waals surface area contributed by atoms with Crippen LogP contribution in [-0.4, -0.2) is 23.5 Å². The number of para-hydroxylation sites is 1. The largest absolute Gasteiger partial charge is 0.358 e. The number of rotatable bonds is 0. The molecule has 2 heterocycles. The van der Waals surface area contributed by atoms with E-state index in [1.54, 1.807) is 0 Å². The van der Waals surface area contributed by atoms with Crippen molar-refractivity contribution < 1.29 is 0 Å². The van der Waals surface area contributed by atoms with Crippen molar-refractivity contribution in [3.05, 3.63) is 35.5 Å². The standard InChI is InChI=1S/C14H18N2/c1-9-8-16(3)10(2)13-11-6-4-5-7-12(11)15-14(9)13/h4-7,9-10,15H,8H2,1-3H3. The van der Waals surface area contributed by atoms with E-state index in [4.69, 9.17) is 0 Å². The average molecular weight is 214 g/mol. The first-order valence-corrected chi connectivity index (χ1v) is 5.99. The molecule has 1 aliphatic rings. The minimum Gasteiger partial charge on any atom is -0.358 e. The van der Waals surface area contributed by atoms with Crippen LogP contribution in [-0.2, 0) is 0 Å². The third-order valence-corrected chi connectivity index (χ3v) is 3.91. The fraction of sp³-hybridized carbons (Fsp3) is 0.429. The number of H-pyrrole nitrogens is 1. The van der Waals surface area contributed by atoms with Crippen molar-refractivity contribution in [3.8, 4) is 0 Å². The lowest BCUT2D eigenvalue weighted by Gasteiger charge is -2.34. The topological polar surface area (TPSA) is 19.0 Å². The zero-order valence-corrected chi connectivity index (χ0v) is 10.1. The van der Waals surface area contributed by atoms with E-state index in [0.29, 0.717) is 12.0 Å². The van der Waals surface area contributed by atoms with Crippen molar-refractivity contribution >= 4 is 10.9 Å². The zero-order valence-electron chi connectivity index (χ0n) is 10.1. The van der Waals surface area contributed by atoms with E-state index in [-0.39, 0.29) is 0 Å². The van der Waals surface area contributed by atoms with E-state index in [1.165, 1.54) is 22.2 Å². The molecule has 84 valence electrons. The van der Waals surface area contributed by atoms with Gasteiger partial charge >= 0.3 is 0 Å². The van der Waals surface area contributed by atoms with Crippen molar-refractivity contribution in [3.63, 3.8) is 0 Å². The number of fused-ring (bicyclic) bond motifs is 3. The Balaban J connectivity index is 2.31. The van der Waals surface area contributed by atoms with Crippen molar-refractivity contribution in [1.82, 2.24) is 9.88 Å². The molecule has 0 aliphatic carbocycles. The predicted octanol–water partition coefficient (Wildman–Crippen LogP) is 3.28. The molecule has 0 saturated carbocycles. The Labute approximate surface area is 96.3 Å². The lowest BCUT2D eigenvalue weighted by molar-refractivity contribution is 0.228. The van der Waals surface area contributed by atoms with Gasteiger partial charge < -0.3 is 4.98 Å². The maximum atomic E-state index is 3.59. The van der Waals surface area contributed by atoms with Crippen LogP contribution in [0.3, 0.4) is 0 Å². The van der Waals surface area contributed by atoms with Crippen LogP contribution in [0, 0.1) is 0 Å². The molecule has 2 atom stereocenters. The van der Waals surface area contributed by atoms with Gasteiger partial charge in [-0.15, -0.1) is 0 Å². The second kappa shape index (κ2) is 3.36. The molecule has 0 amide bonds. The van der Waals surface area contributed by atoms with E-state index in [1.807, 2.05) is 0 Å². The molecule has 3 rings (SSSR count). The third kappa shape index (κ3) is 1.23. The summed E-state index contributed by atoms with van der Waals surface area (Å²) in [6.07, 6.45) is 0. The minimum absolute atomic E-state index is 0.516. The highest BCUT2D eigenvalue weighted by atomic mass is 15.1. The molecule has 0 bridgehead atoms. The van der Waals surface area contributed by atoms with Gasteiger partial charge in [-0.3, -0.25) is 4.90 Å². The molecule has 2 aromatic rings. The summed E-state index contributed by atoms with van der Waals surface area (Å²) in [6.45, 7) is 5.74. The second-order valence-electron chi connectivity index (χ2n) is 5.01. The number of likely N-dealkylation sites (N-methyl/N-ethyl adjacent to an activating group) is 1. The van der Waals surface area contributed by atoms with Gasteiger partial charge in [0.15, 0.2) is 0 Å². The Bertz CT molecular complexity index is 527. The molecule has 2 unspecified atom stereocenters. The molecule has 0 radical (unpaired) electrons. The zero-order chi connectivity index (χ0) is 11.3. The van der Waals surface area contributed by atoms with E-state index in [0.717, 1.165) is 6.54 Å². The summed E-state index contributed by atoms with van der Waals surface area (Å²) in [6, 6.07) is 9.15. The van der Waals surface area contributed by atoms with Gasteiger partial charge in [0.05, 0.1) is 0 Å². The summed E-state index contributed by atoms with van der Waals surface area (Å²) >= 11 is 0. The third-order valence-electron chi connectivity index (χ3n) is 3.91. The summed E-state index contributed by atoms with van der Waals surface area (Å²) in [5, 5.41) is 1.39. The Hall–Kier alpha value is -1.28. The molecule has 1 aliphatic heterocycles. The normalized spacial score (nSPS) is 25.9. The van der Waals surface area contributed by atoms with Gasteiger partial charge in [0.1, 0.15) is 0 Å². The number of benzene rings is 1. The summed E-state index contributed by atoms with van der Waals surface area (Å²) < 4.78 is 0. The summed E-state index contributed by atoms with van der Waals surface area (Å²) in [5.74, 6) is 0.601. The van der Waals surface area contributed by atoms with Gasteiger partial charge in [-0.2, -0.15) is 0 Å². The molecule has 0 spiro atoms. The summed E-state index contributed by atoms with van der Waals surface area (Å²) in [5.41, 5.74) is 4.21. The Kier molecular flexibility index (Phi) is 2.08. The maximum absolute atomic E-state index is 3.59. The van der Waals surface area contributed by atoms with Gasteiger partial charge in [0.2, 0.25) is 0 Å². The second-order valence-corrected chi connectivity index (χ2v) is 5.01. The van der Waals surface area contributed by atoms with Crippen LogP contribution in [0.25, 0.3) is 10.9 Å². The van der Waals surface area contributed by atoms with E-state index in [9.17, 15) is 0 Å². The molecular formula is C14H18N2. The maximum Gasteiger partial charge on any atom is 0.0459 e. The van der Waals surface area contributed by atoms with Crippen LogP contribution in [0.4, 0.5) is 0 Å². The van der Waals surface area contributed by atoms with E-state index < -0.39 is 0 Å². The smallest absolute Gasteiger partial charge is 0.0459 e. The molecular weight excluding hydrogens is 196 g/mol. The van der Waals surface area contributed by atoms with Crippen LogP contribution in [0.1, 0.15) is 37.1 Å². The van der Waals surface area contributed by atoms with E-state index >= 15 is 0 Å². The molecule has 2 nitrogen and oxygen atoms in total. The molecule has 16 heavy (non-hydrogen) atoms. The Morgan fingerprint density at radius 3 is 2.81 bits per heavy atom. The van der Waals surface area contributed by atoms with Gasteiger partial charge in [0.25, 0.3) is 0 Å². The first-order valence-electron chi connectivity index (χ1n) is 5.99. The first kappa shape index (κ1) is 9.91. The van der Waals surface area contributed by atoms with Crippen LogP contribution in [0.2, 0.25) is 0 Å². The predicted molar refractivity (Wildman–Crippen MR) is 67.8 cm³/mol. The highest BCUT2D eigenvalue weighted by Crippen LogP contribution is 2.38. The lowest BCUT2D eigenvalue weighted by atomic mass is 9.91. The monoisotopic (exact) mass is 214 g/mol. The molecule has 2 heteroatoms. The quantitative estimate of drug-likeness (QED) is 0.713. The Morgan fingerprint density at radius 1 is 1.25 bits per heavy atom. The van der Waals surface area contributed by atoms with E-state index in [2.05, 4.69) is 55.0 Å². The van der Waals surface area contributed by atoms with Crippen LogP contribution >= 0.6 is 0 Å². The van der Waals surface area contributed by atoms with Crippen molar-refractivity contribution in [2.24, 2.45) is 0 Å². The van der Waals surface area contributed by atoms with Crippen LogP contribution in [0.15, 0.2) is 24.3 Å². The van der Waals surface area contributed by atoms with Crippen LogP contribution < -0.4 is 0 Å². The van der Waals surface area contributed by atoms with Crippen LogP contribution in [0.5, 0.6) is 0 Å². The van der Waals surface area contributed by atoms with Crippen molar-refractivity contribution in [2.45, 2.75) is 25.8 Å². The summed E-state index contributed by atoms with van der Waals surface area (Å²) in [7, 11) is 2.21. The first-order chi connectivity index (χ1) is 7.68. The van der Waals surface area contributed by atoms with Gasteiger partial charge in [-0.05, 0) is 25.6 Å². The average Bonchev–Trinajstić information content (AvgIpc) is 2.66. The highest BCUT2D eigenvalue weighted by Gasteiger charge is 2.29. The number of nitrogens with one attached hydrogen (secondary N) is 1. The van der Waals surface area contributed by atoms with Gasteiger partial charge in [-0.25, -0.2) is 0 Å². The Morgan fingerprint density at radius 2 is 2.00 bits per heavy atom. The fourth-order valence-electron chi connectivity index (χ4n) is 2.93. The van der Waals surface area contributed by atoms with Gasteiger partial charge in [0, 0.05) is 35.1 Å². The summed E-state index contributed by atoms with van der Waals surface area (Å²) in [4.78, 5) is 6.03.